The molecule has 0 unspecified atom stereocenters. The number of nitrogens with one attached hydrogen (secondary N) is 1. The van der Waals surface area contributed by atoms with Crippen LogP contribution >= 0.6 is 0 Å². The highest BCUT2D eigenvalue weighted by molar-refractivity contribution is 5.98. The van der Waals surface area contributed by atoms with Gasteiger partial charge in [0, 0.05) is 44.6 Å². The minimum Gasteiger partial charge on any atom is -0.378 e. The highest BCUT2D eigenvalue weighted by Crippen LogP contribution is 2.18. The largest absolute Gasteiger partial charge is 0.378 e. The summed E-state index contributed by atoms with van der Waals surface area (Å²) in [6, 6.07) is 9.50. The summed E-state index contributed by atoms with van der Waals surface area (Å²) in [6.45, 7) is 3.34. The molecule has 4 rings (SSSR count). The lowest BCUT2D eigenvalue weighted by Gasteiger charge is -2.29. The average Bonchev–Trinajstić information content (AvgIpc) is 3.11. The highest BCUT2D eigenvalue weighted by atomic mass is 16.5. The topological polar surface area (TPSA) is 71.8 Å². The standard InChI is InChI=1S/C19H21N5O2/c25-19(16-4-3-7-20-18(16)23-10-12-26-13-11-23)21-8-6-15-14-24-9-2-1-5-17(24)22-15/h1-5,7,9,14H,6,8,10-13H2,(H,21,25). The number of ether oxygens (including phenoxy) is 1. The predicted octanol–water partition coefficient (Wildman–Crippen LogP) is 1.54. The fourth-order valence-electron chi connectivity index (χ4n) is 3.11. The summed E-state index contributed by atoms with van der Waals surface area (Å²) in [7, 11) is 0. The molecular formula is C19H21N5O2. The van der Waals surface area contributed by atoms with E-state index in [1.54, 1.807) is 12.3 Å². The summed E-state index contributed by atoms with van der Waals surface area (Å²) in [5.41, 5.74) is 2.47. The summed E-state index contributed by atoms with van der Waals surface area (Å²) in [5, 5.41) is 2.99. The molecule has 7 nitrogen and oxygen atoms in total. The number of hydrogen-bond donors (Lipinski definition) is 1. The second-order valence-corrected chi connectivity index (χ2v) is 6.18. The predicted molar refractivity (Wildman–Crippen MR) is 98.5 cm³/mol. The first kappa shape index (κ1) is 16.5. The Balaban J connectivity index is 1.40. The van der Waals surface area contributed by atoms with Crippen molar-refractivity contribution in [2.45, 2.75) is 6.42 Å². The van der Waals surface area contributed by atoms with Crippen LogP contribution in [0.1, 0.15) is 16.1 Å². The van der Waals surface area contributed by atoms with Crippen molar-refractivity contribution in [2.24, 2.45) is 0 Å². The van der Waals surface area contributed by atoms with Crippen LogP contribution in [0.4, 0.5) is 5.82 Å². The molecule has 1 fully saturated rings. The minimum atomic E-state index is -0.108. The molecule has 0 spiro atoms. The van der Waals surface area contributed by atoms with E-state index in [-0.39, 0.29) is 5.91 Å². The van der Waals surface area contributed by atoms with Crippen LogP contribution in [0, 0.1) is 0 Å². The number of hydrogen-bond acceptors (Lipinski definition) is 5. The zero-order valence-electron chi connectivity index (χ0n) is 14.5. The summed E-state index contributed by atoms with van der Waals surface area (Å²) in [6.07, 6.45) is 6.36. The monoisotopic (exact) mass is 351 g/mol. The van der Waals surface area contributed by atoms with E-state index < -0.39 is 0 Å². The maximum Gasteiger partial charge on any atom is 0.255 e. The number of nitrogens with zero attached hydrogens (tertiary/aromatic N) is 4. The van der Waals surface area contributed by atoms with Crippen molar-refractivity contribution in [2.75, 3.05) is 37.7 Å². The highest BCUT2D eigenvalue weighted by Gasteiger charge is 2.19. The number of carbonyl (C=O) groups is 1. The van der Waals surface area contributed by atoms with Crippen molar-refractivity contribution in [3.8, 4) is 0 Å². The molecule has 1 saturated heterocycles. The number of aromatic nitrogens is 3. The van der Waals surface area contributed by atoms with Crippen molar-refractivity contribution in [1.29, 1.82) is 0 Å². The van der Waals surface area contributed by atoms with Crippen LogP contribution < -0.4 is 10.2 Å². The molecule has 4 heterocycles. The van der Waals surface area contributed by atoms with Gasteiger partial charge in [-0.3, -0.25) is 4.79 Å². The number of rotatable bonds is 5. The molecule has 1 N–H and O–H groups in total. The molecule has 3 aromatic rings. The fourth-order valence-corrected chi connectivity index (χ4v) is 3.11. The third-order valence-electron chi connectivity index (χ3n) is 4.42. The lowest BCUT2D eigenvalue weighted by atomic mass is 10.2. The Labute approximate surface area is 151 Å². The molecule has 1 aliphatic rings. The van der Waals surface area contributed by atoms with Gasteiger partial charge in [0.25, 0.3) is 5.91 Å². The van der Waals surface area contributed by atoms with Gasteiger partial charge in [0.15, 0.2) is 0 Å². The van der Waals surface area contributed by atoms with Crippen molar-refractivity contribution in [3.05, 3.63) is 60.2 Å². The molecule has 0 bridgehead atoms. The van der Waals surface area contributed by atoms with E-state index in [2.05, 4.69) is 20.2 Å². The van der Waals surface area contributed by atoms with Crippen LogP contribution in [-0.4, -0.2) is 53.1 Å². The minimum absolute atomic E-state index is 0.108. The fraction of sp³-hybridized carbons (Fsp3) is 0.316. The number of pyridine rings is 2. The van der Waals surface area contributed by atoms with E-state index in [0.717, 1.165) is 30.2 Å². The summed E-state index contributed by atoms with van der Waals surface area (Å²) >= 11 is 0. The number of anilines is 1. The molecule has 7 heteroatoms. The maximum atomic E-state index is 12.6. The molecule has 0 radical (unpaired) electrons. The van der Waals surface area contributed by atoms with Crippen molar-refractivity contribution in [3.63, 3.8) is 0 Å². The molecule has 0 saturated carbocycles. The molecule has 1 aliphatic heterocycles. The van der Waals surface area contributed by atoms with Crippen molar-refractivity contribution < 1.29 is 9.53 Å². The zero-order valence-corrected chi connectivity index (χ0v) is 14.5. The molecule has 0 aliphatic carbocycles. The van der Waals surface area contributed by atoms with Gasteiger partial charge in [-0.05, 0) is 24.3 Å². The quantitative estimate of drug-likeness (QED) is 0.755. The molecular weight excluding hydrogens is 330 g/mol. The SMILES string of the molecule is O=C(NCCc1cn2ccccc2n1)c1cccnc1N1CCOCC1. The summed E-state index contributed by atoms with van der Waals surface area (Å²) < 4.78 is 7.36. The van der Waals surface area contributed by atoms with E-state index >= 15 is 0 Å². The zero-order chi connectivity index (χ0) is 17.8. The smallest absolute Gasteiger partial charge is 0.255 e. The van der Waals surface area contributed by atoms with Crippen LogP contribution in [0.15, 0.2) is 48.9 Å². The number of carbonyl (C=O) groups excluding carboxylic acids is 1. The Morgan fingerprint density at radius 2 is 2.08 bits per heavy atom. The van der Waals surface area contributed by atoms with Gasteiger partial charge < -0.3 is 19.4 Å². The third kappa shape index (κ3) is 3.52. The van der Waals surface area contributed by atoms with Gasteiger partial charge in [-0.15, -0.1) is 0 Å². The Kier molecular flexibility index (Phi) is 4.79. The summed E-state index contributed by atoms with van der Waals surface area (Å²) in [5.74, 6) is 0.615. The van der Waals surface area contributed by atoms with Crippen LogP contribution in [0.25, 0.3) is 5.65 Å². The van der Waals surface area contributed by atoms with Gasteiger partial charge in [0.2, 0.25) is 0 Å². The second kappa shape index (κ2) is 7.53. The van der Waals surface area contributed by atoms with Crippen molar-refractivity contribution in [1.82, 2.24) is 19.7 Å². The van der Waals surface area contributed by atoms with Crippen LogP contribution in [0.3, 0.4) is 0 Å². The van der Waals surface area contributed by atoms with E-state index in [4.69, 9.17) is 4.74 Å². The van der Waals surface area contributed by atoms with Gasteiger partial charge in [-0.1, -0.05) is 6.07 Å². The molecule has 134 valence electrons. The van der Waals surface area contributed by atoms with Crippen LogP contribution in [-0.2, 0) is 11.2 Å². The van der Waals surface area contributed by atoms with E-state index in [0.29, 0.717) is 31.7 Å². The number of amides is 1. The lowest BCUT2D eigenvalue weighted by Crippen LogP contribution is -2.38. The first-order valence-electron chi connectivity index (χ1n) is 8.80. The van der Waals surface area contributed by atoms with E-state index in [9.17, 15) is 4.79 Å². The first-order chi connectivity index (χ1) is 12.8. The van der Waals surface area contributed by atoms with Crippen LogP contribution in [0.2, 0.25) is 0 Å². The lowest BCUT2D eigenvalue weighted by molar-refractivity contribution is 0.0952. The van der Waals surface area contributed by atoms with Gasteiger partial charge in [-0.25, -0.2) is 9.97 Å². The van der Waals surface area contributed by atoms with Gasteiger partial charge in [-0.2, -0.15) is 0 Å². The third-order valence-corrected chi connectivity index (χ3v) is 4.42. The Bertz CT molecular complexity index is 869. The maximum absolute atomic E-state index is 12.6. The Hall–Kier alpha value is -2.93. The second-order valence-electron chi connectivity index (χ2n) is 6.18. The van der Waals surface area contributed by atoms with Gasteiger partial charge in [0.1, 0.15) is 11.5 Å². The Morgan fingerprint density at radius 3 is 2.92 bits per heavy atom. The Morgan fingerprint density at radius 1 is 1.19 bits per heavy atom. The van der Waals surface area contributed by atoms with E-state index in [1.807, 2.05) is 41.1 Å². The first-order valence-corrected chi connectivity index (χ1v) is 8.80. The van der Waals surface area contributed by atoms with Gasteiger partial charge >= 0.3 is 0 Å². The molecule has 26 heavy (non-hydrogen) atoms. The molecule has 0 aromatic carbocycles. The molecule has 0 atom stereocenters. The summed E-state index contributed by atoms with van der Waals surface area (Å²) in [4.78, 5) is 23.7. The van der Waals surface area contributed by atoms with Crippen LogP contribution in [0.5, 0.6) is 0 Å². The number of fused-ring (bicyclic) bond motifs is 1. The number of imidazole rings is 1. The van der Waals surface area contributed by atoms with Crippen molar-refractivity contribution >= 4 is 17.4 Å². The average molecular weight is 351 g/mol. The molecule has 1 amide bonds. The normalized spacial score (nSPS) is 14.5. The molecule has 3 aromatic heterocycles. The number of morpholine rings is 1. The van der Waals surface area contributed by atoms with Gasteiger partial charge in [0.05, 0.1) is 24.5 Å². The van der Waals surface area contributed by atoms with E-state index in [1.165, 1.54) is 0 Å².